The number of hydrogen-bond acceptors (Lipinski definition) is 5. The molecule has 20 heavy (non-hydrogen) atoms. The largest absolute Gasteiger partial charge is 0.301 e. The molecule has 1 aromatic heterocycles. The molecule has 6 heteroatoms. The van der Waals surface area contributed by atoms with E-state index in [0.717, 1.165) is 31.2 Å². The number of hydrogen-bond donors (Lipinski definition) is 1. The number of carbonyl (C=O) groups excluding carboxylic acids is 1. The highest BCUT2D eigenvalue weighted by Crippen LogP contribution is 2.29. The molecule has 2 heterocycles. The lowest BCUT2D eigenvalue weighted by Crippen LogP contribution is -2.29. The number of nitrogens with zero attached hydrogens (tertiary/aromatic N) is 2. The fourth-order valence-electron chi connectivity index (χ4n) is 2.01. The SMILES string of the molecule is CCN1CCc2nc(NC(=O)CSC(C)(C)C)sc2C1. The fourth-order valence-corrected chi connectivity index (χ4v) is 3.71. The summed E-state index contributed by atoms with van der Waals surface area (Å²) < 4.78 is 0.112. The summed E-state index contributed by atoms with van der Waals surface area (Å²) >= 11 is 3.28. The predicted molar refractivity (Wildman–Crippen MR) is 87.6 cm³/mol. The minimum absolute atomic E-state index is 0.0448. The van der Waals surface area contributed by atoms with E-state index in [0.29, 0.717) is 5.75 Å². The minimum atomic E-state index is 0.0448. The topological polar surface area (TPSA) is 45.2 Å². The van der Waals surface area contributed by atoms with E-state index in [1.807, 2.05) is 0 Å². The third kappa shape index (κ3) is 4.46. The number of thioether (sulfide) groups is 1. The van der Waals surface area contributed by atoms with Crippen molar-refractivity contribution in [2.45, 2.75) is 45.4 Å². The van der Waals surface area contributed by atoms with Crippen molar-refractivity contribution in [1.29, 1.82) is 0 Å². The van der Waals surface area contributed by atoms with Crippen LogP contribution in [-0.4, -0.2) is 39.4 Å². The first kappa shape index (κ1) is 15.8. The summed E-state index contributed by atoms with van der Waals surface area (Å²) in [6, 6.07) is 0. The molecule has 2 rings (SSSR count). The van der Waals surface area contributed by atoms with Gasteiger partial charge in [0.25, 0.3) is 0 Å². The summed E-state index contributed by atoms with van der Waals surface area (Å²) in [6.45, 7) is 11.6. The van der Waals surface area contributed by atoms with Crippen LogP contribution < -0.4 is 5.32 Å². The molecule has 0 aliphatic carbocycles. The standard InChI is InChI=1S/C14H23N3OS2/c1-5-17-7-6-10-11(8-17)20-13(15-10)16-12(18)9-19-14(2,3)4/h5-9H2,1-4H3,(H,15,16,18). The maximum absolute atomic E-state index is 11.9. The summed E-state index contributed by atoms with van der Waals surface area (Å²) in [5, 5.41) is 3.69. The molecule has 1 amide bonds. The van der Waals surface area contributed by atoms with Crippen LogP contribution in [0.5, 0.6) is 0 Å². The zero-order chi connectivity index (χ0) is 14.8. The molecule has 1 aromatic rings. The van der Waals surface area contributed by atoms with Crippen LogP contribution in [0.1, 0.15) is 38.3 Å². The van der Waals surface area contributed by atoms with E-state index < -0.39 is 0 Å². The Hall–Kier alpha value is -0.590. The fraction of sp³-hybridized carbons (Fsp3) is 0.714. The van der Waals surface area contributed by atoms with Gasteiger partial charge in [0.2, 0.25) is 5.91 Å². The number of aromatic nitrogens is 1. The van der Waals surface area contributed by atoms with Gasteiger partial charge in [0.05, 0.1) is 11.4 Å². The molecule has 0 unspecified atom stereocenters. The summed E-state index contributed by atoms with van der Waals surface area (Å²) in [4.78, 5) is 20.2. The van der Waals surface area contributed by atoms with Crippen molar-refractivity contribution >= 4 is 34.1 Å². The van der Waals surface area contributed by atoms with Gasteiger partial charge in [-0.1, -0.05) is 27.7 Å². The van der Waals surface area contributed by atoms with Crippen molar-refractivity contribution in [3.05, 3.63) is 10.6 Å². The van der Waals surface area contributed by atoms with E-state index in [1.165, 1.54) is 10.6 Å². The Morgan fingerprint density at radius 3 is 2.90 bits per heavy atom. The van der Waals surface area contributed by atoms with Gasteiger partial charge in [0.1, 0.15) is 0 Å². The molecule has 0 spiro atoms. The first-order valence-corrected chi connectivity index (χ1v) is 8.82. The van der Waals surface area contributed by atoms with Gasteiger partial charge >= 0.3 is 0 Å². The van der Waals surface area contributed by atoms with Crippen molar-refractivity contribution in [3.8, 4) is 0 Å². The van der Waals surface area contributed by atoms with Gasteiger partial charge in [0, 0.05) is 29.1 Å². The number of carbonyl (C=O) groups is 1. The maximum atomic E-state index is 11.9. The van der Waals surface area contributed by atoms with Crippen LogP contribution in [0.15, 0.2) is 0 Å². The smallest absolute Gasteiger partial charge is 0.236 e. The number of anilines is 1. The van der Waals surface area contributed by atoms with Gasteiger partial charge in [-0.05, 0) is 6.54 Å². The second kappa shape index (κ2) is 6.45. The van der Waals surface area contributed by atoms with E-state index in [9.17, 15) is 4.79 Å². The van der Waals surface area contributed by atoms with Crippen LogP contribution in [0.3, 0.4) is 0 Å². The van der Waals surface area contributed by atoms with Gasteiger partial charge in [-0.3, -0.25) is 9.69 Å². The summed E-state index contributed by atoms with van der Waals surface area (Å²) in [7, 11) is 0. The molecule has 0 saturated carbocycles. The van der Waals surface area contributed by atoms with Crippen molar-refractivity contribution in [1.82, 2.24) is 9.88 Å². The second-order valence-electron chi connectivity index (χ2n) is 5.96. The first-order chi connectivity index (χ1) is 9.37. The maximum Gasteiger partial charge on any atom is 0.236 e. The van der Waals surface area contributed by atoms with Crippen LogP contribution in [0.25, 0.3) is 0 Å². The highest BCUT2D eigenvalue weighted by atomic mass is 32.2. The van der Waals surface area contributed by atoms with Crippen molar-refractivity contribution in [2.75, 3.05) is 24.2 Å². The number of amides is 1. The molecule has 0 aromatic carbocycles. The van der Waals surface area contributed by atoms with Crippen molar-refractivity contribution in [3.63, 3.8) is 0 Å². The molecule has 1 aliphatic rings. The molecule has 0 saturated heterocycles. The zero-order valence-corrected chi connectivity index (χ0v) is 14.3. The van der Waals surface area contributed by atoms with Crippen LogP contribution in [-0.2, 0) is 17.8 Å². The van der Waals surface area contributed by atoms with E-state index in [2.05, 4.69) is 42.9 Å². The van der Waals surface area contributed by atoms with Crippen LogP contribution in [0.4, 0.5) is 5.13 Å². The average molecular weight is 313 g/mol. The highest BCUT2D eigenvalue weighted by Gasteiger charge is 2.20. The Bertz CT molecular complexity index is 479. The minimum Gasteiger partial charge on any atom is -0.301 e. The Morgan fingerprint density at radius 2 is 2.25 bits per heavy atom. The Morgan fingerprint density at radius 1 is 1.50 bits per heavy atom. The van der Waals surface area contributed by atoms with Crippen molar-refractivity contribution < 1.29 is 4.79 Å². The van der Waals surface area contributed by atoms with E-state index in [4.69, 9.17) is 0 Å². The Labute approximate surface area is 129 Å². The quantitative estimate of drug-likeness (QED) is 0.928. The molecule has 0 bridgehead atoms. The summed E-state index contributed by atoms with van der Waals surface area (Å²) in [5.74, 6) is 0.526. The molecule has 4 nitrogen and oxygen atoms in total. The van der Waals surface area contributed by atoms with Gasteiger partial charge in [-0.15, -0.1) is 23.1 Å². The molecular weight excluding hydrogens is 290 g/mol. The van der Waals surface area contributed by atoms with E-state index in [1.54, 1.807) is 23.1 Å². The lowest BCUT2D eigenvalue weighted by atomic mass is 10.2. The average Bonchev–Trinajstić information content (AvgIpc) is 2.76. The van der Waals surface area contributed by atoms with E-state index >= 15 is 0 Å². The molecule has 112 valence electrons. The van der Waals surface area contributed by atoms with Crippen LogP contribution in [0, 0.1) is 0 Å². The molecule has 0 radical (unpaired) electrons. The van der Waals surface area contributed by atoms with Gasteiger partial charge in [-0.25, -0.2) is 4.98 Å². The summed E-state index contributed by atoms with van der Waals surface area (Å²) in [6.07, 6.45) is 0.992. The van der Waals surface area contributed by atoms with Gasteiger partial charge in [-0.2, -0.15) is 0 Å². The molecule has 1 aliphatic heterocycles. The Kier molecular flexibility index (Phi) is 5.09. The van der Waals surface area contributed by atoms with Crippen LogP contribution in [0.2, 0.25) is 0 Å². The number of likely N-dealkylation sites (N-methyl/N-ethyl adjacent to an activating group) is 1. The number of fused-ring (bicyclic) bond motifs is 1. The molecule has 1 N–H and O–H groups in total. The van der Waals surface area contributed by atoms with Crippen molar-refractivity contribution in [2.24, 2.45) is 0 Å². The zero-order valence-electron chi connectivity index (χ0n) is 12.7. The Balaban J connectivity index is 1.91. The number of rotatable bonds is 4. The summed E-state index contributed by atoms with van der Waals surface area (Å²) in [5.41, 5.74) is 1.17. The van der Waals surface area contributed by atoms with Crippen LogP contribution >= 0.6 is 23.1 Å². The molecule has 0 atom stereocenters. The predicted octanol–water partition coefficient (Wildman–Crippen LogP) is 2.99. The molecule has 0 fully saturated rings. The second-order valence-corrected chi connectivity index (χ2v) is 8.84. The third-order valence-electron chi connectivity index (χ3n) is 3.14. The number of nitrogens with one attached hydrogen (secondary N) is 1. The lowest BCUT2D eigenvalue weighted by Gasteiger charge is -2.23. The number of thiazole rings is 1. The molecular formula is C14H23N3OS2. The highest BCUT2D eigenvalue weighted by molar-refractivity contribution is 8.01. The third-order valence-corrected chi connectivity index (χ3v) is 5.41. The monoisotopic (exact) mass is 313 g/mol. The normalized spacial score (nSPS) is 16.0. The first-order valence-electron chi connectivity index (χ1n) is 7.02. The lowest BCUT2D eigenvalue weighted by molar-refractivity contribution is -0.113. The van der Waals surface area contributed by atoms with Gasteiger partial charge in [0.15, 0.2) is 5.13 Å². The van der Waals surface area contributed by atoms with E-state index in [-0.39, 0.29) is 10.7 Å². The van der Waals surface area contributed by atoms with Gasteiger partial charge < -0.3 is 5.32 Å².